The summed E-state index contributed by atoms with van der Waals surface area (Å²) in [6.45, 7) is -1.19. The van der Waals surface area contributed by atoms with E-state index in [1.165, 1.54) is 9.79 Å². The first-order valence-electron chi connectivity index (χ1n) is 20.5. The number of halogens is 8. The van der Waals surface area contributed by atoms with E-state index in [1.54, 1.807) is 24.3 Å². The topological polar surface area (TPSA) is 71.1 Å². The summed E-state index contributed by atoms with van der Waals surface area (Å²) in [7, 11) is -0.704. The molecule has 0 aromatic heterocycles. The average Bonchev–Trinajstić information content (AvgIpc) is 3.37. The van der Waals surface area contributed by atoms with Gasteiger partial charge in [0.25, 0.3) is 0 Å². The zero-order chi connectivity index (χ0) is 48.9. The van der Waals surface area contributed by atoms with Crippen LogP contribution in [0.1, 0.15) is 5.56 Å². The fourth-order valence-electron chi connectivity index (χ4n) is 6.36. The molecular weight excluding hydrogens is 949 g/mol. The standard InChI is InChI=1S/C27H20F3O3S.C26H16F5O3S/c28-27(29,30)20-11-13-22(14-12-20)33-26(31)19-32-21-15-17-25(18-16-21)34(23-7-3-1-4-8-23)24-9-5-2-6-10-24;27-21-22(28)24(30)26(25(31)23(21)29)34-20(32)15-33-16-11-13-19(14-12-16)35(17-7-3-1-4-8-17)18-9-5-2-6-10-18/h1-18H,19H2;1-14H,15H2/q2*+1. The van der Waals surface area contributed by atoms with Crippen molar-refractivity contribution in [1.29, 1.82) is 0 Å². The van der Waals surface area contributed by atoms with Crippen LogP contribution in [0.2, 0.25) is 0 Å². The van der Waals surface area contributed by atoms with Gasteiger partial charge in [-0.05, 0) is 121 Å². The van der Waals surface area contributed by atoms with Crippen molar-refractivity contribution in [1.82, 2.24) is 0 Å². The van der Waals surface area contributed by atoms with E-state index in [-0.39, 0.29) is 29.0 Å². The molecule has 8 rings (SSSR count). The molecule has 0 saturated heterocycles. The second-order valence-electron chi connectivity index (χ2n) is 14.3. The van der Waals surface area contributed by atoms with Gasteiger partial charge in [0.05, 0.1) is 27.4 Å². The summed E-state index contributed by atoms with van der Waals surface area (Å²) in [5.41, 5.74) is -0.811. The quantitative estimate of drug-likeness (QED) is 0.0270. The monoisotopic (exact) mass is 984 g/mol. The minimum absolute atomic E-state index is 0.0201. The van der Waals surface area contributed by atoms with Crippen molar-refractivity contribution in [3.05, 3.63) is 229 Å². The normalized spacial score (nSPS) is 11.1. The molecule has 0 saturated carbocycles. The van der Waals surface area contributed by atoms with Gasteiger partial charge < -0.3 is 18.9 Å². The molecule has 0 radical (unpaired) electrons. The fourth-order valence-corrected chi connectivity index (χ4v) is 10.5. The van der Waals surface area contributed by atoms with Crippen LogP contribution in [0.4, 0.5) is 35.1 Å². The number of hydrogen-bond acceptors (Lipinski definition) is 6. The molecule has 350 valence electrons. The van der Waals surface area contributed by atoms with Crippen LogP contribution >= 0.6 is 0 Å². The Balaban J connectivity index is 0.000000204. The Morgan fingerprint density at radius 2 is 0.652 bits per heavy atom. The van der Waals surface area contributed by atoms with Crippen LogP contribution in [0, 0.1) is 29.1 Å². The molecular formula is C53H36F8O6S2+2. The van der Waals surface area contributed by atoms with Crippen molar-refractivity contribution >= 4 is 33.7 Å². The molecule has 0 heterocycles. The van der Waals surface area contributed by atoms with Crippen molar-refractivity contribution < 1.29 is 63.7 Å². The molecule has 0 fully saturated rings. The summed E-state index contributed by atoms with van der Waals surface area (Å²) in [4.78, 5) is 30.6. The molecule has 0 atom stereocenters. The summed E-state index contributed by atoms with van der Waals surface area (Å²) in [5, 5.41) is 0. The van der Waals surface area contributed by atoms with Crippen LogP contribution in [0.5, 0.6) is 23.0 Å². The first kappa shape index (κ1) is 49.3. The number of rotatable bonds is 14. The lowest BCUT2D eigenvalue weighted by molar-refractivity contribution is -0.138. The molecule has 6 nitrogen and oxygen atoms in total. The summed E-state index contributed by atoms with van der Waals surface area (Å²) in [6, 6.07) is 58.4. The van der Waals surface area contributed by atoms with Gasteiger partial charge in [-0.1, -0.05) is 72.8 Å². The molecule has 0 aliphatic rings. The van der Waals surface area contributed by atoms with E-state index in [2.05, 4.69) is 29.0 Å². The molecule has 0 aliphatic carbocycles. The number of alkyl halides is 3. The summed E-state index contributed by atoms with van der Waals surface area (Å²) in [5.74, 6) is -14.2. The Hall–Kier alpha value is -7.56. The van der Waals surface area contributed by atoms with Gasteiger partial charge in [-0.2, -0.15) is 22.0 Å². The molecule has 16 heteroatoms. The van der Waals surface area contributed by atoms with Crippen molar-refractivity contribution in [2.24, 2.45) is 0 Å². The molecule has 0 unspecified atom stereocenters. The third kappa shape index (κ3) is 12.9. The highest BCUT2D eigenvalue weighted by Gasteiger charge is 2.32. The van der Waals surface area contributed by atoms with Gasteiger partial charge in [-0.15, -0.1) is 0 Å². The number of ether oxygens (including phenoxy) is 4. The minimum Gasteiger partial charge on any atom is -0.482 e. The molecule has 8 aromatic rings. The fraction of sp³-hybridized carbons (Fsp3) is 0.0566. The van der Waals surface area contributed by atoms with Gasteiger partial charge in [0, 0.05) is 0 Å². The van der Waals surface area contributed by atoms with E-state index in [4.69, 9.17) is 14.2 Å². The molecule has 69 heavy (non-hydrogen) atoms. The molecule has 0 bridgehead atoms. The van der Waals surface area contributed by atoms with Gasteiger partial charge in [-0.3, -0.25) is 0 Å². The Kier molecular flexibility index (Phi) is 16.4. The number of carbonyl (C=O) groups excluding carboxylic acids is 2. The Bertz CT molecular complexity index is 2840. The second kappa shape index (κ2) is 23.0. The number of hydrogen-bond donors (Lipinski definition) is 0. The Labute approximate surface area is 396 Å². The lowest BCUT2D eigenvalue weighted by Crippen LogP contribution is -2.20. The summed E-state index contributed by atoms with van der Waals surface area (Å²) in [6.07, 6.45) is -4.45. The van der Waals surface area contributed by atoms with Crippen LogP contribution < -0.4 is 18.9 Å². The average molecular weight is 985 g/mol. The predicted octanol–water partition coefficient (Wildman–Crippen LogP) is 13.2. The zero-order valence-corrected chi connectivity index (χ0v) is 37.3. The first-order valence-corrected chi connectivity index (χ1v) is 23.0. The van der Waals surface area contributed by atoms with Crippen molar-refractivity contribution in [3.8, 4) is 23.0 Å². The van der Waals surface area contributed by atoms with Gasteiger partial charge in [0.15, 0.2) is 42.6 Å². The van der Waals surface area contributed by atoms with E-state index in [0.717, 1.165) is 43.8 Å². The lowest BCUT2D eigenvalue weighted by atomic mass is 10.2. The van der Waals surface area contributed by atoms with Crippen LogP contribution in [-0.2, 0) is 37.6 Å². The summed E-state index contributed by atoms with van der Waals surface area (Å²) < 4.78 is 125. The van der Waals surface area contributed by atoms with Crippen LogP contribution in [0.15, 0.2) is 223 Å². The van der Waals surface area contributed by atoms with Crippen LogP contribution in [0.3, 0.4) is 0 Å². The maximum absolute atomic E-state index is 13.7. The van der Waals surface area contributed by atoms with Crippen LogP contribution in [0.25, 0.3) is 0 Å². The molecule has 0 aliphatic heterocycles. The highest BCUT2D eigenvalue weighted by Crippen LogP contribution is 2.35. The van der Waals surface area contributed by atoms with E-state index >= 15 is 0 Å². The lowest BCUT2D eigenvalue weighted by Gasteiger charge is -2.11. The number of carbonyl (C=O) groups is 2. The highest BCUT2D eigenvalue weighted by atomic mass is 32.2. The number of esters is 2. The third-order valence-corrected chi connectivity index (χ3v) is 14.0. The highest BCUT2D eigenvalue weighted by molar-refractivity contribution is 7.97. The maximum Gasteiger partial charge on any atom is 0.416 e. The van der Waals surface area contributed by atoms with Crippen molar-refractivity contribution in [2.75, 3.05) is 13.2 Å². The second-order valence-corrected chi connectivity index (χ2v) is 18.3. The SMILES string of the molecule is O=C(COc1ccc([S+](c2ccccc2)c2ccccc2)cc1)Oc1c(F)c(F)c(F)c(F)c1F.O=C(COc1ccc([S+](c2ccccc2)c2ccccc2)cc1)Oc1ccc(C(F)(F)F)cc1. The minimum atomic E-state index is -4.45. The first-order chi connectivity index (χ1) is 33.3. The Morgan fingerprint density at radius 1 is 0.362 bits per heavy atom. The van der Waals surface area contributed by atoms with Crippen LogP contribution in [-0.4, -0.2) is 25.2 Å². The molecule has 0 N–H and O–H groups in total. The maximum atomic E-state index is 13.7. The molecule has 0 amide bonds. The van der Waals surface area contributed by atoms with Gasteiger partial charge in [0.2, 0.25) is 34.8 Å². The largest absolute Gasteiger partial charge is 0.482 e. The van der Waals surface area contributed by atoms with E-state index in [1.807, 2.05) is 121 Å². The zero-order valence-electron chi connectivity index (χ0n) is 35.7. The predicted molar refractivity (Wildman–Crippen MR) is 243 cm³/mol. The molecule has 0 spiro atoms. The van der Waals surface area contributed by atoms with E-state index in [9.17, 15) is 44.7 Å². The van der Waals surface area contributed by atoms with Gasteiger partial charge in [-0.25, -0.2) is 22.8 Å². The summed E-state index contributed by atoms with van der Waals surface area (Å²) >= 11 is 0. The smallest absolute Gasteiger partial charge is 0.416 e. The van der Waals surface area contributed by atoms with Crippen molar-refractivity contribution in [2.45, 2.75) is 35.5 Å². The Morgan fingerprint density at radius 3 is 0.986 bits per heavy atom. The van der Waals surface area contributed by atoms with Gasteiger partial charge >= 0.3 is 18.1 Å². The van der Waals surface area contributed by atoms with Gasteiger partial charge in [0.1, 0.15) is 17.2 Å². The number of benzene rings is 8. The van der Waals surface area contributed by atoms with Crippen molar-refractivity contribution in [3.63, 3.8) is 0 Å². The molecule has 8 aromatic carbocycles. The third-order valence-electron chi connectivity index (χ3n) is 9.55. The van der Waals surface area contributed by atoms with E-state index in [0.29, 0.717) is 5.75 Å². The van der Waals surface area contributed by atoms with E-state index < -0.39 is 76.0 Å².